The quantitative estimate of drug-likeness (QED) is 0.329. The van der Waals surface area contributed by atoms with Crippen molar-refractivity contribution in [1.29, 1.82) is 0 Å². The van der Waals surface area contributed by atoms with Gasteiger partial charge in [0.15, 0.2) is 5.84 Å². The molecule has 1 aliphatic carbocycles. The molecule has 1 aliphatic rings. The van der Waals surface area contributed by atoms with Gasteiger partial charge in [0, 0.05) is 12.1 Å². The summed E-state index contributed by atoms with van der Waals surface area (Å²) in [5, 5.41) is 14.5. The summed E-state index contributed by atoms with van der Waals surface area (Å²) in [6.07, 6.45) is 1.53. The standard InChI is InChI=1S/C15H21N3O2/c1-15(2)8-12(15)9-17-13(19)7-10-3-5-11(6-4-10)14(16)18-20/h3-6,12,20H,7-9H2,1-2H3,(H2,16,18)(H,17,19). The maximum Gasteiger partial charge on any atom is 0.224 e. The van der Waals surface area contributed by atoms with E-state index >= 15 is 0 Å². The van der Waals surface area contributed by atoms with E-state index in [0.717, 1.165) is 12.1 Å². The van der Waals surface area contributed by atoms with Gasteiger partial charge in [-0.25, -0.2) is 0 Å². The van der Waals surface area contributed by atoms with Crippen molar-refractivity contribution >= 4 is 11.7 Å². The van der Waals surface area contributed by atoms with Crippen LogP contribution in [0.4, 0.5) is 0 Å². The van der Waals surface area contributed by atoms with Gasteiger partial charge in [-0.3, -0.25) is 4.79 Å². The van der Waals surface area contributed by atoms with E-state index in [1.807, 2.05) is 12.1 Å². The predicted molar refractivity (Wildman–Crippen MR) is 77.6 cm³/mol. The van der Waals surface area contributed by atoms with E-state index in [1.54, 1.807) is 12.1 Å². The molecule has 5 nitrogen and oxygen atoms in total. The van der Waals surface area contributed by atoms with Crippen molar-refractivity contribution < 1.29 is 10.0 Å². The van der Waals surface area contributed by atoms with Crippen LogP contribution in [0.3, 0.4) is 0 Å². The van der Waals surface area contributed by atoms with Crippen molar-refractivity contribution in [3.8, 4) is 0 Å². The monoisotopic (exact) mass is 275 g/mol. The summed E-state index contributed by atoms with van der Waals surface area (Å²) in [6, 6.07) is 7.10. The summed E-state index contributed by atoms with van der Waals surface area (Å²) in [6.45, 7) is 5.19. The number of hydrogen-bond acceptors (Lipinski definition) is 3. The van der Waals surface area contributed by atoms with Crippen molar-refractivity contribution in [3.05, 3.63) is 35.4 Å². The molecular weight excluding hydrogens is 254 g/mol. The fourth-order valence-electron chi connectivity index (χ4n) is 2.26. The van der Waals surface area contributed by atoms with Crippen LogP contribution in [0.1, 0.15) is 31.4 Å². The van der Waals surface area contributed by atoms with Gasteiger partial charge in [0.25, 0.3) is 0 Å². The summed E-state index contributed by atoms with van der Waals surface area (Å²) in [5.41, 5.74) is 7.41. The predicted octanol–water partition coefficient (Wildman–Crippen LogP) is 1.49. The molecule has 0 spiro atoms. The minimum Gasteiger partial charge on any atom is -0.409 e. The molecule has 0 radical (unpaired) electrons. The molecule has 108 valence electrons. The van der Waals surface area contributed by atoms with E-state index in [0.29, 0.717) is 23.3 Å². The third-order valence-corrected chi connectivity index (χ3v) is 3.99. The first kappa shape index (κ1) is 14.4. The molecule has 0 saturated heterocycles. The Kier molecular flexibility index (Phi) is 3.97. The summed E-state index contributed by atoms with van der Waals surface area (Å²) < 4.78 is 0. The fourth-order valence-corrected chi connectivity index (χ4v) is 2.26. The van der Waals surface area contributed by atoms with Crippen LogP contribution in [0.5, 0.6) is 0 Å². The van der Waals surface area contributed by atoms with Crippen molar-refractivity contribution in [2.45, 2.75) is 26.7 Å². The van der Waals surface area contributed by atoms with Gasteiger partial charge in [0.1, 0.15) is 0 Å². The van der Waals surface area contributed by atoms with Crippen molar-refractivity contribution in [1.82, 2.24) is 5.32 Å². The van der Waals surface area contributed by atoms with Crippen LogP contribution in [0, 0.1) is 11.3 Å². The number of rotatable bonds is 5. The Hall–Kier alpha value is -2.04. The molecule has 1 aromatic carbocycles. The Morgan fingerprint density at radius 3 is 2.55 bits per heavy atom. The van der Waals surface area contributed by atoms with E-state index in [2.05, 4.69) is 24.3 Å². The van der Waals surface area contributed by atoms with Gasteiger partial charge < -0.3 is 16.3 Å². The van der Waals surface area contributed by atoms with Crippen molar-refractivity contribution in [2.24, 2.45) is 22.2 Å². The third-order valence-electron chi connectivity index (χ3n) is 3.99. The summed E-state index contributed by atoms with van der Waals surface area (Å²) in [7, 11) is 0. The summed E-state index contributed by atoms with van der Waals surface area (Å²) in [4.78, 5) is 11.8. The van der Waals surface area contributed by atoms with Crippen LogP contribution in [0.15, 0.2) is 29.4 Å². The lowest BCUT2D eigenvalue weighted by atomic mass is 10.1. The van der Waals surface area contributed by atoms with Crippen LogP contribution in [-0.4, -0.2) is 23.5 Å². The third kappa shape index (κ3) is 3.50. The van der Waals surface area contributed by atoms with Gasteiger partial charge in [-0.1, -0.05) is 43.3 Å². The Morgan fingerprint density at radius 2 is 2.05 bits per heavy atom. The van der Waals surface area contributed by atoms with Crippen LogP contribution >= 0.6 is 0 Å². The first-order valence-corrected chi connectivity index (χ1v) is 6.76. The van der Waals surface area contributed by atoms with Crippen LogP contribution < -0.4 is 11.1 Å². The van der Waals surface area contributed by atoms with Crippen molar-refractivity contribution in [2.75, 3.05) is 6.54 Å². The number of hydrogen-bond donors (Lipinski definition) is 3. The average Bonchev–Trinajstić information content (AvgIpc) is 3.04. The van der Waals surface area contributed by atoms with E-state index in [1.165, 1.54) is 6.42 Å². The van der Waals surface area contributed by atoms with Gasteiger partial charge in [-0.05, 0) is 23.3 Å². The number of carbonyl (C=O) groups excluding carboxylic acids is 1. The molecule has 0 bridgehead atoms. The van der Waals surface area contributed by atoms with Gasteiger partial charge in [0.2, 0.25) is 5.91 Å². The van der Waals surface area contributed by atoms with Crippen molar-refractivity contribution in [3.63, 3.8) is 0 Å². The maximum atomic E-state index is 11.8. The molecule has 1 saturated carbocycles. The van der Waals surface area contributed by atoms with Gasteiger partial charge in [-0.2, -0.15) is 0 Å². The normalized spacial score (nSPS) is 20.5. The molecule has 1 fully saturated rings. The van der Waals surface area contributed by atoms with Crippen LogP contribution in [0.2, 0.25) is 0 Å². The first-order valence-electron chi connectivity index (χ1n) is 6.76. The van der Waals surface area contributed by atoms with E-state index < -0.39 is 0 Å². The lowest BCUT2D eigenvalue weighted by Gasteiger charge is -2.07. The zero-order valence-corrected chi connectivity index (χ0v) is 11.9. The summed E-state index contributed by atoms with van der Waals surface area (Å²) in [5.74, 6) is 0.704. The van der Waals surface area contributed by atoms with Gasteiger partial charge in [-0.15, -0.1) is 0 Å². The number of carbonyl (C=O) groups is 1. The second-order valence-electron chi connectivity index (χ2n) is 6.05. The first-order chi connectivity index (χ1) is 9.42. The highest BCUT2D eigenvalue weighted by molar-refractivity contribution is 5.97. The van der Waals surface area contributed by atoms with E-state index in [9.17, 15) is 4.79 Å². The molecule has 4 N–H and O–H groups in total. The number of amidine groups is 1. The second kappa shape index (κ2) is 5.53. The van der Waals surface area contributed by atoms with E-state index in [4.69, 9.17) is 10.9 Å². The highest BCUT2D eigenvalue weighted by Crippen LogP contribution is 2.50. The highest BCUT2D eigenvalue weighted by Gasteiger charge is 2.45. The Balaban J connectivity index is 1.82. The molecule has 0 aliphatic heterocycles. The number of nitrogens with two attached hydrogens (primary N) is 1. The highest BCUT2D eigenvalue weighted by atomic mass is 16.4. The minimum atomic E-state index is 0.0317. The number of nitrogens with zero attached hydrogens (tertiary/aromatic N) is 1. The maximum absolute atomic E-state index is 11.8. The fraction of sp³-hybridized carbons (Fsp3) is 0.467. The van der Waals surface area contributed by atoms with Crippen LogP contribution in [-0.2, 0) is 11.2 Å². The molecule has 2 rings (SSSR count). The Morgan fingerprint density at radius 1 is 1.45 bits per heavy atom. The minimum absolute atomic E-state index is 0.0317. The Bertz CT molecular complexity index is 520. The Labute approximate surface area is 118 Å². The number of amides is 1. The zero-order valence-electron chi connectivity index (χ0n) is 11.9. The molecule has 1 amide bonds. The van der Waals surface area contributed by atoms with Gasteiger partial charge in [0.05, 0.1) is 6.42 Å². The van der Waals surface area contributed by atoms with E-state index in [-0.39, 0.29) is 11.7 Å². The largest absolute Gasteiger partial charge is 0.409 e. The van der Waals surface area contributed by atoms with Crippen LogP contribution in [0.25, 0.3) is 0 Å². The number of oxime groups is 1. The van der Waals surface area contributed by atoms with Gasteiger partial charge >= 0.3 is 0 Å². The molecule has 1 aromatic rings. The molecular formula is C15H21N3O2. The lowest BCUT2D eigenvalue weighted by molar-refractivity contribution is -0.120. The molecule has 1 atom stereocenters. The topological polar surface area (TPSA) is 87.7 Å². The molecule has 0 aromatic heterocycles. The molecule has 5 heteroatoms. The SMILES string of the molecule is CC1(C)CC1CNC(=O)Cc1ccc(/C(N)=N/O)cc1. The lowest BCUT2D eigenvalue weighted by Crippen LogP contribution is -2.28. The smallest absolute Gasteiger partial charge is 0.224 e. The molecule has 20 heavy (non-hydrogen) atoms. The second-order valence-corrected chi connectivity index (χ2v) is 6.05. The molecule has 1 unspecified atom stereocenters. The average molecular weight is 275 g/mol. The summed E-state index contributed by atoms with van der Waals surface area (Å²) >= 11 is 0. The molecule has 0 heterocycles. The number of benzene rings is 1. The number of nitrogens with one attached hydrogen (secondary N) is 1. The zero-order chi connectivity index (χ0) is 14.8.